The van der Waals surface area contributed by atoms with Crippen molar-refractivity contribution in [1.82, 2.24) is 5.32 Å². The lowest BCUT2D eigenvalue weighted by Crippen LogP contribution is -2.10. The molecule has 2 rings (SSSR count). The highest BCUT2D eigenvalue weighted by molar-refractivity contribution is 8.00. The molecule has 0 aromatic heterocycles. The van der Waals surface area contributed by atoms with Crippen molar-refractivity contribution in [2.24, 2.45) is 0 Å². The Kier molecular flexibility index (Phi) is 3.21. The van der Waals surface area contributed by atoms with Crippen LogP contribution in [0.1, 0.15) is 6.42 Å². The third kappa shape index (κ3) is 2.35. The summed E-state index contributed by atoms with van der Waals surface area (Å²) in [5, 5.41) is 4.69. The van der Waals surface area contributed by atoms with E-state index in [0.717, 1.165) is 23.7 Å². The maximum Gasteiger partial charge on any atom is 0.0467 e. The van der Waals surface area contributed by atoms with Gasteiger partial charge in [0.2, 0.25) is 0 Å². The van der Waals surface area contributed by atoms with Gasteiger partial charge in [0.15, 0.2) is 0 Å². The number of thioether (sulfide) groups is 1. The van der Waals surface area contributed by atoms with Crippen molar-refractivity contribution in [3.63, 3.8) is 0 Å². The highest BCUT2D eigenvalue weighted by Crippen LogP contribution is 2.32. The number of nitrogens with two attached hydrogens (primary N) is 1. The van der Waals surface area contributed by atoms with Crippen LogP contribution in [0, 0.1) is 0 Å². The molecule has 14 heavy (non-hydrogen) atoms. The number of nitrogen functional groups attached to an aromatic ring is 1. The van der Waals surface area contributed by atoms with Gasteiger partial charge in [-0.2, -0.15) is 0 Å². The van der Waals surface area contributed by atoms with Crippen LogP contribution in [0.4, 0.5) is 5.69 Å². The van der Waals surface area contributed by atoms with E-state index < -0.39 is 0 Å². The van der Waals surface area contributed by atoms with E-state index in [9.17, 15) is 0 Å². The number of hydrogen-bond donors (Lipinski definition) is 2. The molecule has 1 saturated heterocycles. The van der Waals surface area contributed by atoms with E-state index in [1.165, 1.54) is 6.42 Å². The molecule has 1 aliphatic rings. The number of hydrogen-bond acceptors (Lipinski definition) is 3. The molecule has 1 aromatic rings. The first-order valence-corrected chi connectivity index (χ1v) is 5.94. The van der Waals surface area contributed by atoms with E-state index in [1.807, 2.05) is 30.0 Å². The van der Waals surface area contributed by atoms with Crippen molar-refractivity contribution >= 4 is 29.1 Å². The Hall–Kier alpha value is -0.380. The zero-order valence-corrected chi connectivity index (χ0v) is 9.37. The van der Waals surface area contributed by atoms with Crippen molar-refractivity contribution in [1.29, 1.82) is 0 Å². The van der Waals surface area contributed by atoms with Gasteiger partial charge in [-0.25, -0.2) is 0 Å². The standard InChI is InChI=1S/C10H13ClN2S/c11-7-1-2-10(9(12)5-7)14-8-3-4-13-6-8/h1-2,5,8,13H,3-4,6,12H2. The SMILES string of the molecule is Nc1cc(Cl)ccc1SC1CCNC1. The zero-order valence-electron chi connectivity index (χ0n) is 7.79. The summed E-state index contributed by atoms with van der Waals surface area (Å²) in [6, 6.07) is 5.70. The largest absolute Gasteiger partial charge is 0.398 e. The maximum absolute atomic E-state index is 5.87. The molecule has 1 fully saturated rings. The third-order valence-electron chi connectivity index (χ3n) is 2.28. The van der Waals surface area contributed by atoms with E-state index in [0.29, 0.717) is 10.3 Å². The highest BCUT2D eigenvalue weighted by Gasteiger charge is 2.16. The second-order valence-corrected chi connectivity index (χ2v) is 5.19. The summed E-state index contributed by atoms with van der Waals surface area (Å²) in [5.74, 6) is 0. The lowest BCUT2D eigenvalue weighted by Gasteiger charge is -2.10. The third-order valence-corrected chi connectivity index (χ3v) is 3.88. The molecule has 0 aliphatic carbocycles. The Morgan fingerprint density at radius 2 is 2.36 bits per heavy atom. The van der Waals surface area contributed by atoms with Crippen LogP contribution in [0.2, 0.25) is 5.02 Å². The summed E-state index contributed by atoms with van der Waals surface area (Å²) in [6.07, 6.45) is 1.22. The Bertz CT molecular complexity index is 324. The molecule has 0 saturated carbocycles. The fraction of sp³-hybridized carbons (Fsp3) is 0.400. The molecule has 76 valence electrons. The van der Waals surface area contributed by atoms with Crippen molar-refractivity contribution < 1.29 is 0 Å². The molecule has 1 atom stereocenters. The molecule has 1 aromatic carbocycles. The molecule has 3 N–H and O–H groups in total. The summed E-state index contributed by atoms with van der Waals surface area (Å²) in [6.45, 7) is 2.19. The van der Waals surface area contributed by atoms with E-state index >= 15 is 0 Å². The van der Waals surface area contributed by atoms with E-state index in [-0.39, 0.29) is 0 Å². The van der Waals surface area contributed by atoms with E-state index in [1.54, 1.807) is 0 Å². The smallest absolute Gasteiger partial charge is 0.0467 e. The van der Waals surface area contributed by atoms with Gasteiger partial charge in [0, 0.05) is 27.4 Å². The molecular weight excluding hydrogens is 216 g/mol. The van der Waals surface area contributed by atoms with Gasteiger partial charge in [-0.1, -0.05) is 11.6 Å². The minimum Gasteiger partial charge on any atom is -0.398 e. The minimum atomic E-state index is 0.651. The van der Waals surface area contributed by atoms with Crippen LogP contribution in [-0.4, -0.2) is 18.3 Å². The molecule has 1 aliphatic heterocycles. The maximum atomic E-state index is 5.87. The van der Waals surface area contributed by atoms with E-state index in [2.05, 4.69) is 5.32 Å². The van der Waals surface area contributed by atoms with Crippen molar-refractivity contribution in [2.45, 2.75) is 16.6 Å². The average Bonchev–Trinajstić information content (AvgIpc) is 2.62. The van der Waals surface area contributed by atoms with Crippen LogP contribution < -0.4 is 11.1 Å². The Morgan fingerprint density at radius 3 is 3.00 bits per heavy atom. The van der Waals surface area contributed by atoms with Gasteiger partial charge < -0.3 is 11.1 Å². The fourth-order valence-electron chi connectivity index (χ4n) is 1.53. The lowest BCUT2D eigenvalue weighted by atomic mass is 10.3. The van der Waals surface area contributed by atoms with Gasteiger partial charge >= 0.3 is 0 Å². The molecule has 0 spiro atoms. The summed E-state index contributed by atoms with van der Waals surface area (Å²) in [7, 11) is 0. The number of benzene rings is 1. The average molecular weight is 229 g/mol. The van der Waals surface area contributed by atoms with Crippen LogP contribution >= 0.6 is 23.4 Å². The number of halogens is 1. The van der Waals surface area contributed by atoms with Gasteiger partial charge in [-0.15, -0.1) is 11.8 Å². The summed E-state index contributed by atoms with van der Waals surface area (Å²) < 4.78 is 0. The normalized spacial score (nSPS) is 21.4. The highest BCUT2D eigenvalue weighted by atomic mass is 35.5. The lowest BCUT2D eigenvalue weighted by molar-refractivity contribution is 0.858. The van der Waals surface area contributed by atoms with Crippen molar-refractivity contribution in [2.75, 3.05) is 18.8 Å². The second-order valence-electron chi connectivity index (χ2n) is 3.41. The van der Waals surface area contributed by atoms with Crippen LogP contribution in [0.25, 0.3) is 0 Å². The Morgan fingerprint density at radius 1 is 1.50 bits per heavy atom. The molecular formula is C10H13ClN2S. The Labute approximate surface area is 93.2 Å². The van der Waals surface area contributed by atoms with Gasteiger partial charge in [0.1, 0.15) is 0 Å². The van der Waals surface area contributed by atoms with Gasteiger partial charge in [-0.05, 0) is 31.2 Å². The van der Waals surface area contributed by atoms with Crippen LogP contribution in [0.5, 0.6) is 0 Å². The number of anilines is 1. The molecule has 1 unspecified atom stereocenters. The first kappa shape index (κ1) is 10.1. The van der Waals surface area contributed by atoms with Crippen molar-refractivity contribution in [3.05, 3.63) is 23.2 Å². The predicted molar refractivity (Wildman–Crippen MR) is 63.0 cm³/mol. The van der Waals surface area contributed by atoms with E-state index in [4.69, 9.17) is 17.3 Å². The minimum absolute atomic E-state index is 0.651. The van der Waals surface area contributed by atoms with Crippen LogP contribution in [-0.2, 0) is 0 Å². The molecule has 0 bridgehead atoms. The molecule has 1 heterocycles. The summed E-state index contributed by atoms with van der Waals surface area (Å²) in [5.41, 5.74) is 6.66. The monoisotopic (exact) mass is 228 g/mol. The molecule has 2 nitrogen and oxygen atoms in total. The summed E-state index contributed by atoms with van der Waals surface area (Å²) in [4.78, 5) is 1.14. The molecule has 4 heteroatoms. The zero-order chi connectivity index (χ0) is 9.97. The fourth-order valence-corrected chi connectivity index (χ4v) is 2.85. The first-order chi connectivity index (χ1) is 6.75. The van der Waals surface area contributed by atoms with Gasteiger partial charge in [0.25, 0.3) is 0 Å². The number of nitrogens with one attached hydrogen (secondary N) is 1. The van der Waals surface area contributed by atoms with Gasteiger partial charge in [0.05, 0.1) is 0 Å². The van der Waals surface area contributed by atoms with Crippen LogP contribution in [0.15, 0.2) is 23.1 Å². The predicted octanol–water partition coefficient (Wildman–Crippen LogP) is 2.38. The quantitative estimate of drug-likeness (QED) is 0.764. The second kappa shape index (κ2) is 4.43. The topological polar surface area (TPSA) is 38.0 Å². The molecule has 0 amide bonds. The van der Waals surface area contributed by atoms with Crippen LogP contribution in [0.3, 0.4) is 0 Å². The first-order valence-electron chi connectivity index (χ1n) is 4.68. The Balaban J connectivity index is 2.08. The molecule has 0 radical (unpaired) electrons. The summed E-state index contributed by atoms with van der Waals surface area (Å²) >= 11 is 7.67. The van der Waals surface area contributed by atoms with Crippen molar-refractivity contribution in [3.8, 4) is 0 Å². The van der Waals surface area contributed by atoms with Gasteiger partial charge in [-0.3, -0.25) is 0 Å². The number of rotatable bonds is 2.